The van der Waals surface area contributed by atoms with Crippen LogP contribution in [0, 0.1) is 11.8 Å². The summed E-state index contributed by atoms with van der Waals surface area (Å²) in [6.45, 7) is 3.17. The smallest absolute Gasteiger partial charge is 0.165 e. The van der Waals surface area contributed by atoms with Gasteiger partial charge in [0.05, 0.1) is 6.10 Å². The second-order valence-electron chi connectivity index (χ2n) is 7.80. The van der Waals surface area contributed by atoms with Crippen molar-refractivity contribution in [3.63, 3.8) is 0 Å². The number of piperidine rings is 1. The Labute approximate surface area is 130 Å². The van der Waals surface area contributed by atoms with E-state index in [2.05, 4.69) is 24.9 Å². The predicted molar refractivity (Wildman–Crippen MR) is 82.2 cm³/mol. The molecule has 4 nitrogen and oxygen atoms in total. The van der Waals surface area contributed by atoms with Gasteiger partial charge in [-0.2, -0.15) is 0 Å². The van der Waals surface area contributed by atoms with Gasteiger partial charge in [0.15, 0.2) is 11.5 Å². The molecule has 2 aliphatic carbocycles. The monoisotopic (exact) mass is 301 g/mol. The molecule has 1 saturated heterocycles. The number of likely N-dealkylation sites (N-methyl/N-ethyl adjacent to an activating group) is 1. The second kappa shape index (κ2) is 3.98. The minimum absolute atomic E-state index is 0.000185. The molecular formula is C18H23NO3. The highest BCUT2D eigenvalue weighted by molar-refractivity contribution is 5.60. The van der Waals surface area contributed by atoms with Gasteiger partial charge in [0.25, 0.3) is 0 Å². The summed E-state index contributed by atoms with van der Waals surface area (Å²) in [5, 5.41) is 20.9. The number of aliphatic hydroxyl groups is 1. The van der Waals surface area contributed by atoms with E-state index in [4.69, 9.17) is 4.74 Å². The topological polar surface area (TPSA) is 52.9 Å². The minimum atomic E-state index is -0.310. The molecule has 0 amide bonds. The number of hydrogen-bond donors (Lipinski definition) is 2. The van der Waals surface area contributed by atoms with Crippen LogP contribution in [-0.4, -0.2) is 47.0 Å². The van der Waals surface area contributed by atoms with E-state index >= 15 is 0 Å². The Morgan fingerprint density at radius 2 is 2.18 bits per heavy atom. The molecule has 0 aromatic heterocycles. The number of rotatable bonds is 0. The molecule has 1 aromatic rings. The lowest BCUT2D eigenvalue weighted by Gasteiger charge is -2.59. The number of phenols is 1. The van der Waals surface area contributed by atoms with Crippen molar-refractivity contribution in [2.75, 3.05) is 13.6 Å². The largest absolute Gasteiger partial charge is 0.504 e. The predicted octanol–water partition coefficient (Wildman–Crippen LogP) is 1.67. The van der Waals surface area contributed by atoms with Gasteiger partial charge in [0, 0.05) is 22.9 Å². The number of likely N-dealkylation sites (tertiary alicyclic amines) is 1. The summed E-state index contributed by atoms with van der Waals surface area (Å²) in [6, 6.07) is 4.34. The third kappa shape index (κ3) is 1.29. The van der Waals surface area contributed by atoms with Crippen molar-refractivity contribution in [2.24, 2.45) is 11.8 Å². The first-order valence-electron chi connectivity index (χ1n) is 8.44. The molecule has 1 spiro atoms. The van der Waals surface area contributed by atoms with Crippen LogP contribution in [0.15, 0.2) is 12.1 Å². The van der Waals surface area contributed by atoms with Crippen LogP contribution >= 0.6 is 0 Å². The van der Waals surface area contributed by atoms with Crippen LogP contribution in [0.5, 0.6) is 11.5 Å². The van der Waals surface area contributed by atoms with E-state index in [1.807, 2.05) is 0 Å². The van der Waals surface area contributed by atoms with Gasteiger partial charge >= 0.3 is 0 Å². The van der Waals surface area contributed by atoms with Crippen LogP contribution < -0.4 is 4.74 Å². The number of ether oxygens (including phenoxy) is 1. The normalized spacial score (nSPS) is 45.3. The zero-order chi connectivity index (χ0) is 15.2. The maximum Gasteiger partial charge on any atom is 0.165 e. The SMILES string of the molecule is CC1C(O)C[C@H]2[C@H]3Cc4ccc(O)c5c4[C@@]2(CCN3C)[C@H]1O5. The van der Waals surface area contributed by atoms with Crippen LogP contribution in [0.25, 0.3) is 0 Å². The maximum atomic E-state index is 10.6. The fraction of sp³-hybridized carbons (Fsp3) is 0.667. The highest BCUT2D eigenvalue weighted by Crippen LogP contribution is 2.64. The van der Waals surface area contributed by atoms with Crippen LogP contribution in [-0.2, 0) is 11.8 Å². The van der Waals surface area contributed by atoms with E-state index in [1.54, 1.807) is 6.07 Å². The maximum absolute atomic E-state index is 10.6. The average Bonchev–Trinajstić information content (AvgIpc) is 2.84. The summed E-state index contributed by atoms with van der Waals surface area (Å²) < 4.78 is 6.30. The summed E-state index contributed by atoms with van der Waals surface area (Å²) in [7, 11) is 2.21. The number of aliphatic hydroxyl groups excluding tert-OH is 1. The fourth-order valence-corrected chi connectivity index (χ4v) is 5.96. The Morgan fingerprint density at radius 1 is 1.36 bits per heavy atom. The zero-order valence-electron chi connectivity index (χ0n) is 13.1. The number of benzene rings is 1. The Kier molecular flexibility index (Phi) is 2.39. The van der Waals surface area contributed by atoms with Crippen molar-refractivity contribution in [1.29, 1.82) is 0 Å². The summed E-state index contributed by atoms with van der Waals surface area (Å²) in [4.78, 5) is 2.46. The molecule has 2 heterocycles. The molecule has 0 radical (unpaired) electrons. The van der Waals surface area contributed by atoms with Crippen LogP contribution in [0.4, 0.5) is 0 Å². The lowest BCUT2D eigenvalue weighted by molar-refractivity contribution is -0.113. The minimum Gasteiger partial charge on any atom is -0.504 e. The number of aromatic hydroxyl groups is 1. The van der Waals surface area contributed by atoms with Gasteiger partial charge in [-0.3, -0.25) is 0 Å². The van der Waals surface area contributed by atoms with Gasteiger partial charge in [-0.25, -0.2) is 0 Å². The number of phenolic OH excluding ortho intramolecular Hbond substituents is 1. The second-order valence-corrected chi connectivity index (χ2v) is 7.80. The molecule has 4 heteroatoms. The van der Waals surface area contributed by atoms with Crippen molar-refractivity contribution in [3.8, 4) is 11.5 Å². The van der Waals surface area contributed by atoms with Crippen molar-refractivity contribution in [2.45, 2.75) is 49.9 Å². The number of nitrogens with zero attached hydrogens (tertiary/aromatic N) is 1. The Bertz CT molecular complexity index is 660. The molecule has 2 aliphatic heterocycles. The third-order valence-electron chi connectivity index (χ3n) is 7.02. The molecule has 4 aliphatic rings. The van der Waals surface area contributed by atoms with Gasteiger partial charge in [0.1, 0.15) is 6.10 Å². The van der Waals surface area contributed by atoms with Crippen LogP contribution in [0.1, 0.15) is 30.9 Å². The van der Waals surface area contributed by atoms with Gasteiger partial charge in [-0.15, -0.1) is 0 Å². The van der Waals surface area contributed by atoms with E-state index < -0.39 is 0 Å². The zero-order valence-corrected chi connectivity index (χ0v) is 13.1. The average molecular weight is 301 g/mol. The molecule has 1 saturated carbocycles. The number of hydrogen-bond acceptors (Lipinski definition) is 4. The summed E-state index contributed by atoms with van der Waals surface area (Å²) >= 11 is 0. The van der Waals surface area contributed by atoms with Gasteiger partial charge in [-0.05, 0) is 50.4 Å². The first-order chi connectivity index (χ1) is 10.5. The lowest BCUT2D eigenvalue weighted by Crippen LogP contribution is -2.67. The fourth-order valence-electron chi connectivity index (χ4n) is 5.96. The van der Waals surface area contributed by atoms with E-state index in [-0.39, 0.29) is 29.3 Å². The quantitative estimate of drug-likeness (QED) is 0.765. The van der Waals surface area contributed by atoms with Crippen LogP contribution in [0.3, 0.4) is 0 Å². The van der Waals surface area contributed by atoms with Crippen molar-refractivity contribution in [1.82, 2.24) is 4.90 Å². The molecule has 2 N–H and O–H groups in total. The van der Waals surface area contributed by atoms with Gasteiger partial charge in [-0.1, -0.05) is 13.0 Å². The molecule has 6 atom stereocenters. The molecule has 2 fully saturated rings. The van der Waals surface area contributed by atoms with E-state index in [0.717, 1.165) is 25.8 Å². The van der Waals surface area contributed by atoms with Crippen molar-refractivity contribution < 1.29 is 14.9 Å². The van der Waals surface area contributed by atoms with Crippen molar-refractivity contribution in [3.05, 3.63) is 23.3 Å². The van der Waals surface area contributed by atoms with Crippen molar-refractivity contribution >= 4 is 0 Å². The summed E-state index contributed by atoms with van der Waals surface area (Å²) in [5.74, 6) is 1.51. The Hall–Kier alpha value is -1.26. The van der Waals surface area contributed by atoms with Gasteiger partial charge in [0.2, 0.25) is 0 Å². The summed E-state index contributed by atoms with van der Waals surface area (Å²) in [5.41, 5.74) is 2.61. The molecule has 1 aromatic carbocycles. The molecular weight excluding hydrogens is 278 g/mol. The Morgan fingerprint density at radius 3 is 3.00 bits per heavy atom. The third-order valence-corrected chi connectivity index (χ3v) is 7.02. The molecule has 2 bridgehead atoms. The van der Waals surface area contributed by atoms with Gasteiger partial charge < -0.3 is 19.8 Å². The Balaban J connectivity index is 1.80. The molecule has 22 heavy (non-hydrogen) atoms. The molecule has 118 valence electrons. The lowest BCUT2D eigenvalue weighted by atomic mass is 9.50. The standard InChI is InChI=1S/C18H23NO3/c1-9-14(21)8-11-12-7-10-3-4-13(20)16-15(10)18(11,17(9)22-16)5-6-19(12)2/h3-4,9,11-12,14,17,20-21H,5-8H2,1-2H3/t9?,11-,12+,14?,17-,18-/m0/s1. The van der Waals surface area contributed by atoms with E-state index in [9.17, 15) is 10.2 Å². The molecule has 2 unspecified atom stereocenters. The first kappa shape index (κ1) is 13.2. The highest BCUT2D eigenvalue weighted by Gasteiger charge is 2.66. The van der Waals surface area contributed by atoms with Crippen LogP contribution in [0.2, 0.25) is 0 Å². The van der Waals surface area contributed by atoms with E-state index in [1.165, 1.54) is 11.1 Å². The first-order valence-corrected chi connectivity index (χ1v) is 8.44. The highest BCUT2D eigenvalue weighted by atomic mass is 16.5. The van der Waals surface area contributed by atoms with E-state index in [0.29, 0.717) is 17.7 Å². The summed E-state index contributed by atoms with van der Waals surface area (Å²) in [6.07, 6.45) is 2.61. The molecule has 5 rings (SSSR count).